The van der Waals surface area contributed by atoms with Gasteiger partial charge in [-0.1, -0.05) is 61.5 Å². The normalized spacial score (nSPS) is 12.1. The summed E-state index contributed by atoms with van der Waals surface area (Å²) in [6.45, 7) is 7.00. The van der Waals surface area contributed by atoms with Gasteiger partial charge in [-0.3, -0.25) is 13.9 Å². The summed E-state index contributed by atoms with van der Waals surface area (Å²) in [4.78, 5) is 28.8. The lowest BCUT2D eigenvalue weighted by Crippen LogP contribution is -2.53. The number of benzene rings is 3. The SMILES string of the molecule is CCC(C(=O)NC(C)C)N(Cc1ccccc1)C(=O)CN(c1cc(C)ccc1OC)S(=O)(=O)c1ccccc1. The van der Waals surface area contributed by atoms with Gasteiger partial charge in [0.05, 0.1) is 17.7 Å². The maximum Gasteiger partial charge on any atom is 0.264 e. The van der Waals surface area contributed by atoms with Gasteiger partial charge in [0.15, 0.2) is 0 Å². The maximum atomic E-state index is 14.1. The predicted molar refractivity (Wildman–Crippen MR) is 153 cm³/mol. The summed E-state index contributed by atoms with van der Waals surface area (Å²) in [5.74, 6) is -0.484. The van der Waals surface area contributed by atoms with E-state index in [0.29, 0.717) is 12.2 Å². The molecule has 39 heavy (non-hydrogen) atoms. The van der Waals surface area contributed by atoms with Crippen molar-refractivity contribution >= 4 is 27.5 Å². The van der Waals surface area contributed by atoms with E-state index in [2.05, 4.69) is 5.32 Å². The number of aryl methyl sites for hydroxylation is 1. The molecule has 8 nitrogen and oxygen atoms in total. The highest BCUT2D eigenvalue weighted by atomic mass is 32.2. The van der Waals surface area contributed by atoms with Crippen molar-refractivity contribution in [3.8, 4) is 5.75 Å². The molecule has 208 valence electrons. The Bertz CT molecular complexity index is 1360. The Morgan fingerprint density at radius 3 is 2.13 bits per heavy atom. The Balaban J connectivity index is 2.11. The molecule has 0 spiro atoms. The molecule has 0 aliphatic heterocycles. The van der Waals surface area contributed by atoms with Crippen molar-refractivity contribution in [3.63, 3.8) is 0 Å². The van der Waals surface area contributed by atoms with E-state index in [9.17, 15) is 18.0 Å². The minimum absolute atomic E-state index is 0.0422. The fourth-order valence-electron chi connectivity index (χ4n) is 4.31. The number of carbonyl (C=O) groups excluding carboxylic acids is 2. The van der Waals surface area contributed by atoms with Crippen LogP contribution in [0.4, 0.5) is 5.69 Å². The zero-order valence-corrected chi connectivity index (χ0v) is 23.9. The summed E-state index contributed by atoms with van der Waals surface area (Å²) in [6.07, 6.45) is 0.357. The Kier molecular flexibility index (Phi) is 10.1. The highest BCUT2D eigenvalue weighted by molar-refractivity contribution is 7.92. The molecule has 1 unspecified atom stereocenters. The minimum Gasteiger partial charge on any atom is -0.495 e. The Labute approximate surface area is 231 Å². The van der Waals surface area contributed by atoms with Gasteiger partial charge in [0, 0.05) is 12.6 Å². The zero-order valence-electron chi connectivity index (χ0n) is 23.1. The van der Waals surface area contributed by atoms with E-state index in [4.69, 9.17) is 4.74 Å². The van der Waals surface area contributed by atoms with Crippen molar-refractivity contribution in [2.75, 3.05) is 18.0 Å². The van der Waals surface area contributed by atoms with Crippen LogP contribution in [-0.2, 0) is 26.2 Å². The maximum absolute atomic E-state index is 14.1. The third-order valence-electron chi connectivity index (χ3n) is 6.23. The van der Waals surface area contributed by atoms with Gasteiger partial charge in [0.2, 0.25) is 11.8 Å². The molecule has 2 amide bonds. The van der Waals surface area contributed by atoms with Crippen LogP contribution in [-0.4, -0.2) is 50.9 Å². The fraction of sp³-hybridized carbons (Fsp3) is 0.333. The lowest BCUT2D eigenvalue weighted by atomic mass is 10.1. The van der Waals surface area contributed by atoms with Gasteiger partial charge in [-0.15, -0.1) is 0 Å². The van der Waals surface area contributed by atoms with Gasteiger partial charge in [0.1, 0.15) is 18.3 Å². The van der Waals surface area contributed by atoms with Crippen LogP contribution in [0.3, 0.4) is 0 Å². The topological polar surface area (TPSA) is 96.0 Å². The molecule has 0 aliphatic carbocycles. The van der Waals surface area contributed by atoms with Crippen molar-refractivity contribution in [2.24, 2.45) is 0 Å². The molecule has 0 heterocycles. The van der Waals surface area contributed by atoms with E-state index < -0.39 is 28.5 Å². The van der Waals surface area contributed by atoms with Gasteiger partial charge in [-0.25, -0.2) is 8.42 Å². The second-order valence-electron chi connectivity index (χ2n) is 9.59. The molecule has 0 aliphatic rings. The van der Waals surface area contributed by atoms with Crippen LogP contribution in [0.5, 0.6) is 5.75 Å². The standard InChI is InChI=1S/C30H37N3O5S/c1-6-26(30(35)31-22(2)3)32(20-24-13-9-7-10-14-24)29(34)21-33(27-19-23(4)17-18-28(27)38-5)39(36,37)25-15-11-8-12-16-25/h7-19,22,26H,6,20-21H2,1-5H3,(H,31,35). The van der Waals surface area contributed by atoms with Gasteiger partial charge in [0.25, 0.3) is 10.0 Å². The number of anilines is 1. The van der Waals surface area contributed by atoms with E-state index in [1.807, 2.05) is 64.1 Å². The molecule has 0 saturated heterocycles. The number of nitrogens with one attached hydrogen (secondary N) is 1. The van der Waals surface area contributed by atoms with E-state index in [0.717, 1.165) is 15.4 Å². The number of rotatable bonds is 12. The summed E-state index contributed by atoms with van der Waals surface area (Å²) in [6, 6.07) is 21.5. The van der Waals surface area contributed by atoms with Gasteiger partial charge < -0.3 is 15.0 Å². The average molecular weight is 552 g/mol. The van der Waals surface area contributed by atoms with Gasteiger partial charge in [-0.05, 0) is 62.6 Å². The molecule has 0 bridgehead atoms. The summed E-state index contributed by atoms with van der Waals surface area (Å²) in [7, 11) is -2.72. The Hall–Kier alpha value is -3.85. The first-order valence-corrected chi connectivity index (χ1v) is 14.4. The first-order valence-electron chi connectivity index (χ1n) is 12.9. The molecule has 0 aromatic heterocycles. The number of sulfonamides is 1. The number of methoxy groups -OCH3 is 1. The van der Waals surface area contributed by atoms with Crippen LogP contribution in [0, 0.1) is 6.92 Å². The Morgan fingerprint density at radius 1 is 0.949 bits per heavy atom. The Morgan fingerprint density at radius 2 is 1.56 bits per heavy atom. The highest BCUT2D eigenvalue weighted by Gasteiger charge is 2.34. The molecule has 0 fully saturated rings. The highest BCUT2D eigenvalue weighted by Crippen LogP contribution is 2.33. The molecule has 0 saturated carbocycles. The van der Waals surface area contributed by atoms with Crippen LogP contribution in [0.2, 0.25) is 0 Å². The van der Waals surface area contributed by atoms with E-state index in [1.54, 1.807) is 30.3 Å². The van der Waals surface area contributed by atoms with Gasteiger partial charge >= 0.3 is 0 Å². The number of amides is 2. The van der Waals surface area contributed by atoms with E-state index in [-0.39, 0.29) is 29.1 Å². The third-order valence-corrected chi connectivity index (χ3v) is 8.00. The quantitative estimate of drug-likeness (QED) is 0.357. The molecular formula is C30H37N3O5S. The number of ether oxygens (including phenoxy) is 1. The van der Waals surface area contributed by atoms with Crippen molar-refractivity contribution in [1.29, 1.82) is 0 Å². The van der Waals surface area contributed by atoms with Crippen molar-refractivity contribution in [2.45, 2.75) is 57.6 Å². The van der Waals surface area contributed by atoms with Gasteiger partial charge in [-0.2, -0.15) is 0 Å². The third kappa shape index (κ3) is 7.38. The molecule has 1 N–H and O–H groups in total. The molecular weight excluding hydrogens is 514 g/mol. The average Bonchev–Trinajstić information content (AvgIpc) is 2.92. The minimum atomic E-state index is -4.17. The molecule has 3 aromatic carbocycles. The lowest BCUT2D eigenvalue weighted by molar-refractivity contribution is -0.140. The van der Waals surface area contributed by atoms with Crippen LogP contribution in [0.15, 0.2) is 83.8 Å². The van der Waals surface area contributed by atoms with Crippen molar-refractivity contribution in [3.05, 3.63) is 90.0 Å². The largest absolute Gasteiger partial charge is 0.495 e. The zero-order chi connectivity index (χ0) is 28.6. The van der Waals surface area contributed by atoms with E-state index in [1.165, 1.54) is 24.1 Å². The lowest BCUT2D eigenvalue weighted by Gasteiger charge is -2.34. The second-order valence-corrected chi connectivity index (χ2v) is 11.5. The summed E-state index contributed by atoms with van der Waals surface area (Å²) in [5.41, 5.74) is 1.87. The summed E-state index contributed by atoms with van der Waals surface area (Å²) >= 11 is 0. The number of hydrogen-bond acceptors (Lipinski definition) is 5. The molecule has 0 radical (unpaired) electrons. The first-order chi connectivity index (χ1) is 18.6. The number of nitrogens with zero attached hydrogens (tertiary/aromatic N) is 2. The molecule has 9 heteroatoms. The smallest absolute Gasteiger partial charge is 0.264 e. The predicted octanol–water partition coefficient (Wildman–Crippen LogP) is 4.53. The van der Waals surface area contributed by atoms with Crippen molar-refractivity contribution < 1.29 is 22.7 Å². The van der Waals surface area contributed by atoms with Crippen LogP contribution in [0.1, 0.15) is 38.3 Å². The summed E-state index contributed by atoms with van der Waals surface area (Å²) < 4.78 is 34.5. The molecule has 1 atom stereocenters. The van der Waals surface area contributed by atoms with E-state index >= 15 is 0 Å². The van der Waals surface area contributed by atoms with Crippen molar-refractivity contribution in [1.82, 2.24) is 10.2 Å². The molecule has 3 rings (SSSR count). The monoisotopic (exact) mass is 551 g/mol. The fourth-order valence-corrected chi connectivity index (χ4v) is 5.75. The number of carbonyl (C=O) groups is 2. The summed E-state index contributed by atoms with van der Waals surface area (Å²) in [5, 5.41) is 2.90. The van der Waals surface area contributed by atoms with Crippen LogP contribution < -0.4 is 14.4 Å². The molecule has 3 aromatic rings. The second kappa shape index (κ2) is 13.3. The number of hydrogen-bond donors (Lipinski definition) is 1. The van der Waals surface area contributed by atoms with Crippen LogP contribution in [0.25, 0.3) is 0 Å². The first kappa shape index (κ1) is 29.7. The van der Waals surface area contributed by atoms with Crippen LogP contribution >= 0.6 is 0 Å².